The summed E-state index contributed by atoms with van der Waals surface area (Å²) in [4.78, 5) is 0. The molecule has 1 aliphatic rings. The van der Waals surface area contributed by atoms with Crippen molar-refractivity contribution in [3.8, 4) is 0 Å². The number of hydrogen-bond donors (Lipinski definition) is 0. The normalized spacial score (nSPS) is 31.5. The molecular formula is C11H17Cl. The van der Waals surface area contributed by atoms with Crippen LogP contribution in [0, 0.1) is 5.41 Å². The quantitative estimate of drug-likeness (QED) is 0.571. The van der Waals surface area contributed by atoms with E-state index in [4.69, 9.17) is 11.6 Å². The van der Waals surface area contributed by atoms with Crippen molar-refractivity contribution in [2.75, 3.05) is 0 Å². The first kappa shape index (κ1) is 9.85. The van der Waals surface area contributed by atoms with Gasteiger partial charge in [-0.2, -0.15) is 0 Å². The minimum Gasteiger partial charge on any atom is -0.122 e. The molecule has 2 atom stereocenters. The van der Waals surface area contributed by atoms with E-state index in [0.29, 0.717) is 0 Å². The Morgan fingerprint density at radius 2 is 2.33 bits per heavy atom. The molecule has 0 heterocycles. The third kappa shape index (κ3) is 1.92. The van der Waals surface area contributed by atoms with Crippen molar-refractivity contribution in [3.05, 3.63) is 23.8 Å². The summed E-state index contributed by atoms with van der Waals surface area (Å²) in [6.07, 6.45) is 8.67. The Balaban J connectivity index is 2.75. The summed E-state index contributed by atoms with van der Waals surface area (Å²) < 4.78 is 0. The molecule has 0 radical (unpaired) electrons. The van der Waals surface area contributed by atoms with Crippen LogP contribution in [0.25, 0.3) is 0 Å². The van der Waals surface area contributed by atoms with Gasteiger partial charge in [-0.05, 0) is 19.8 Å². The van der Waals surface area contributed by atoms with Crippen LogP contribution in [0.5, 0.6) is 0 Å². The van der Waals surface area contributed by atoms with Crippen LogP contribution >= 0.6 is 11.6 Å². The average molecular weight is 185 g/mol. The van der Waals surface area contributed by atoms with Gasteiger partial charge < -0.3 is 0 Å². The summed E-state index contributed by atoms with van der Waals surface area (Å²) >= 11 is 6.27. The van der Waals surface area contributed by atoms with Crippen LogP contribution in [0.2, 0.25) is 0 Å². The second-order valence-corrected chi connectivity index (χ2v) is 4.46. The molecule has 0 unspecified atom stereocenters. The van der Waals surface area contributed by atoms with E-state index in [1.807, 2.05) is 0 Å². The molecule has 0 aromatic carbocycles. The second-order valence-electron chi connectivity index (χ2n) is 3.93. The van der Waals surface area contributed by atoms with Gasteiger partial charge >= 0.3 is 0 Å². The standard InChI is InChI=1S/C11H17Cl/c1-4-10(12)11(3)7-5-6-9(2)8-11/h5-7,10H,4,8H2,1-3H3/t10-,11-/m1/s1. The summed E-state index contributed by atoms with van der Waals surface area (Å²) in [6, 6.07) is 0. The topological polar surface area (TPSA) is 0 Å². The first-order valence-corrected chi connectivity index (χ1v) is 5.01. The molecule has 0 spiro atoms. The Morgan fingerprint density at radius 1 is 1.67 bits per heavy atom. The highest BCUT2D eigenvalue weighted by Crippen LogP contribution is 2.38. The van der Waals surface area contributed by atoms with Crippen molar-refractivity contribution < 1.29 is 0 Å². The molecule has 0 aromatic rings. The van der Waals surface area contributed by atoms with Crippen LogP contribution in [0.15, 0.2) is 23.8 Å². The fraction of sp³-hybridized carbons (Fsp3) is 0.636. The van der Waals surface area contributed by atoms with Crippen molar-refractivity contribution in [1.82, 2.24) is 0 Å². The Bertz CT molecular complexity index is 215. The zero-order valence-corrected chi connectivity index (χ0v) is 8.86. The van der Waals surface area contributed by atoms with Gasteiger partial charge in [-0.3, -0.25) is 0 Å². The molecule has 0 saturated heterocycles. The Morgan fingerprint density at radius 3 is 2.83 bits per heavy atom. The van der Waals surface area contributed by atoms with Crippen LogP contribution in [-0.4, -0.2) is 5.38 Å². The van der Waals surface area contributed by atoms with Crippen LogP contribution in [0.1, 0.15) is 33.6 Å². The molecule has 68 valence electrons. The van der Waals surface area contributed by atoms with Gasteiger partial charge in [0, 0.05) is 10.8 Å². The van der Waals surface area contributed by atoms with E-state index >= 15 is 0 Å². The molecule has 0 aromatic heterocycles. The van der Waals surface area contributed by atoms with Gasteiger partial charge in [0.25, 0.3) is 0 Å². The van der Waals surface area contributed by atoms with E-state index in [9.17, 15) is 0 Å². The van der Waals surface area contributed by atoms with Crippen LogP contribution in [0.3, 0.4) is 0 Å². The Labute approximate surface area is 80.3 Å². The molecule has 1 heteroatoms. The lowest BCUT2D eigenvalue weighted by Crippen LogP contribution is -2.27. The van der Waals surface area contributed by atoms with Gasteiger partial charge in [-0.1, -0.05) is 37.6 Å². The molecule has 0 aliphatic heterocycles. The predicted molar refractivity (Wildman–Crippen MR) is 55.6 cm³/mol. The summed E-state index contributed by atoms with van der Waals surface area (Å²) in [5, 5.41) is 0.261. The average Bonchev–Trinajstić information content (AvgIpc) is 2.02. The van der Waals surface area contributed by atoms with Crippen molar-refractivity contribution in [2.24, 2.45) is 5.41 Å². The van der Waals surface area contributed by atoms with Gasteiger partial charge in [0.15, 0.2) is 0 Å². The van der Waals surface area contributed by atoms with E-state index < -0.39 is 0 Å². The molecule has 0 saturated carbocycles. The number of allylic oxidation sites excluding steroid dienone is 4. The van der Waals surface area contributed by atoms with Gasteiger partial charge in [0.1, 0.15) is 0 Å². The third-order valence-electron chi connectivity index (χ3n) is 2.59. The van der Waals surface area contributed by atoms with E-state index in [0.717, 1.165) is 12.8 Å². The predicted octanol–water partition coefficient (Wildman–Crippen LogP) is 3.92. The molecule has 0 fully saturated rings. The molecule has 1 aliphatic carbocycles. The molecule has 0 amide bonds. The van der Waals surface area contributed by atoms with Gasteiger partial charge in [0.2, 0.25) is 0 Å². The molecular weight excluding hydrogens is 168 g/mol. The van der Waals surface area contributed by atoms with Crippen molar-refractivity contribution in [1.29, 1.82) is 0 Å². The first-order valence-electron chi connectivity index (χ1n) is 4.57. The lowest BCUT2D eigenvalue weighted by atomic mass is 9.77. The number of rotatable bonds is 2. The van der Waals surface area contributed by atoms with Crippen molar-refractivity contribution >= 4 is 11.6 Å². The highest BCUT2D eigenvalue weighted by atomic mass is 35.5. The van der Waals surface area contributed by atoms with E-state index in [-0.39, 0.29) is 10.8 Å². The van der Waals surface area contributed by atoms with Crippen molar-refractivity contribution in [2.45, 2.75) is 39.0 Å². The molecule has 12 heavy (non-hydrogen) atoms. The third-order valence-corrected chi connectivity index (χ3v) is 3.40. The zero-order valence-electron chi connectivity index (χ0n) is 8.10. The molecule has 0 N–H and O–H groups in total. The number of halogens is 1. The van der Waals surface area contributed by atoms with E-state index in [1.165, 1.54) is 5.57 Å². The Kier molecular flexibility index (Phi) is 3.00. The van der Waals surface area contributed by atoms with Crippen LogP contribution in [0.4, 0.5) is 0 Å². The van der Waals surface area contributed by atoms with Gasteiger partial charge in [-0.15, -0.1) is 11.6 Å². The fourth-order valence-corrected chi connectivity index (χ4v) is 1.98. The van der Waals surface area contributed by atoms with E-state index in [1.54, 1.807) is 0 Å². The lowest BCUT2D eigenvalue weighted by molar-refractivity contribution is 0.387. The fourth-order valence-electron chi connectivity index (χ4n) is 1.83. The highest BCUT2D eigenvalue weighted by molar-refractivity contribution is 6.21. The highest BCUT2D eigenvalue weighted by Gasteiger charge is 2.30. The minimum absolute atomic E-state index is 0.176. The second kappa shape index (κ2) is 3.66. The summed E-state index contributed by atoms with van der Waals surface area (Å²) in [6.45, 7) is 6.55. The largest absolute Gasteiger partial charge is 0.122 e. The maximum absolute atomic E-state index is 6.27. The smallest absolute Gasteiger partial charge is 0.0424 e. The first-order chi connectivity index (χ1) is 5.58. The molecule has 0 bridgehead atoms. The Hall–Kier alpha value is -0.230. The number of alkyl halides is 1. The van der Waals surface area contributed by atoms with Crippen molar-refractivity contribution in [3.63, 3.8) is 0 Å². The minimum atomic E-state index is 0.176. The summed E-state index contributed by atoms with van der Waals surface area (Å²) in [5.74, 6) is 0. The van der Waals surface area contributed by atoms with Crippen LogP contribution in [-0.2, 0) is 0 Å². The molecule has 0 nitrogen and oxygen atoms in total. The molecule has 1 rings (SSSR count). The lowest BCUT2D eigenvalue weighted by Gasteiger charge is -2.32. The van der Waals surface area contributed by atoms with Gasteiger partial charge in [0.05, 0.1) is 0 Å². The monoisotopic (exact) mass is 184 g/mol. The van der Waals surface area contributed by atoms with Gasteiger partial charge in [-0.25, -0.2) is 0 Å². The maximum Gasteiger partial charge on any atom is 0.0424 e. The summed E-state index contributed by atoms with van der Waals surface area (Å²) in [5.41, 5.74) is 1.61. The summed E-state index contributed by atoms with van der Waals surface area (Å²) in [7, 11) is 0. The van der Waals surface area contributed by atoms with Crippen LogP contribution < -0.4 is 0 Å². The SMILES string of the molecule is CC[C@@H](Cl)[C@]1(C)C=CC=C(C)C1. The zero-order chi connectivity index (χ0) is 9.19. The number of hydrogen-bond acceptors (Lipinski definition) is 0. The van der Waals surface area contributed by atoms with E-state index in [2.05, 4.69) is 39.0 Å². The maximum atomic E-state index is 6.27.